The van der Waals surface area contributed by atoms with Gasteiger partial charge < -0.3 is 4.72 Å². The number of sulfonamides is 1. The van der Waals surface area contributed by atoms with E-state index in [1.165, 1.54) is 0 Å². The number of aryl methyl sites for hydroxylation is 1. The highest BCUT2D eigenvalue weighted by Crippen LogP contribution is 2.32. The van der Waals surface area contributed by atoms with Crippen LogP contribution in [-0.2, 0) is 10.0 Å². The molecule has 0 bridgehead atoms. The zero-order valence-electron chi connectivity index (χ0n) is 22.6. The van der Waals surface area contributed by atoms with Crippen molar-refractivity contribution in [3.63, 3.8) is 0 Å². The Bertz CT molecular complexity index is 1830. The predicted molar refractivity (Wildman–Crippen MR) is 166 cm³/mol. The number of benzene rings is 5. The molecule has 0 saturated carbocycles. The van der Waals surface area contributed by atoms with E-state index in [0.29, 0.717) is 5.69 Å². The quantitative estimate of drug-likeness (QED) is 0.186. The van der Waals surface area contributed by atoms with Gasteiger partial charge in [0.25, 0.3) is 0 Å². The number of hydrogen-bond acceptors (Lipinski definition) is 2. The molecule has 0 atom stereocenters. The van der Waals surface area contributed by atoms with Crippen LogP contribution in [0.2, 0.25) is 0 Å². The lowest BCUT2D eigenvalue weighted by Crippen LogP contribution is -2.36. The Kier molecular flexibility index (Phi) is 7.19. The summed E-state index contributed by atoms with van der Waals surface area (Å²) in [6.45, 7) is 1.92. The number of rotatable bonds is 7. The summed E-state index contributed by atoms with van der Waals surface area (Å²) in [5, 5.41) is 0. The van der Waals surface area contributed by atoms with Gasteiger partial charge in [0.15, 0.2) is 0 Å². The van der Waals surface area contributed by atoms with Gasteiger partial charge >= 0.3 is 0 Å². The standard InChI is InChI=1S/C36H28N2O2S/c1-27-17-23-34(24-18-27)41(39,40)37-32-19-21-33(22-20-32)38-35(29-13-7-3-8-14-29)25-31(28-11-5-2-6-12-28)26-36(38)30-15-9-4-10-16-30/h2-26H,1H3. The molecule has 200 valence electrons. The van der Waals surface area contributed by atoms with E-state index >= 15 is 0 Å². The van der Waals surface area contributed by atoms with Gasteiger partial charge in [-0.2, -0.15) is 4.57 Å². The molecule has 1 aromatic heterocycles. The van der Waals surface area contributed by atoms with E-state index in [9.17, 15) is 8.42 Å². The predicted octanol–water partition coefficient (Wildman–Crippen LogP) is 8.67. The minimum atomic E-state index is -3.83. The monoisotopic (exact) mass is 552 g/mol. The number of hydrogen-bond donors (Lipinski definition) is 0. The van der Waals surface area contributed by atoms with Gasteiger partial charge in [-0.15, -0.1) is 5.69 Å². The lowest BCUT2D eigenvalue weighted by Gasteiger charge is -2.22. The fourth-order valence-electron chi connectivity index (χ4n) is 4.88. The Morgan fingerprint density at radius 1 is 0.512 bits per heavy atom. The Balaban J connectivity index is 1.49. The third kappa shape index (κ3) is 5.67. The molecule has 0 unspecified atom stereocenters. The lowest BCUT2D eigenvalue weighted by atomic mass is 9.98. The summed E-state index contributed by atoms with van der Waals surface area (Å²) in [4.78, 5) is 0.177. The van der Waals surface area contributed by atoms with E-state index in [0.717, 1.165) is 44.9 Å². The summed E-state index contributed by atoms with van der Waals surface area (Å²) in [5.74, 6) is 0. The van der Waals surface area contributed by atoms with E-state index in [4.69, 9.17) is 0 Å². The van der Waals surface area contributed by atoms with Crippen molar-refractivity contribution in [3.05, 3.63) is 162 Å². The van der Waals surface area contributed by atoms with Crippen LogP contribution in [0.25, 0.3) is 44.1 Å². The van der Waals surface area contributed by atoms with E-state index in [-0.39, 0.29) is 4.90 Å². The van der Waals surface area contributed by atoms with Crippen molar-refractivity contribution in [2.75, 3.05) is 0 Å². The Labute approximate surface area is 241 Å². The summed E-state index contributed by atoms with van der Waals surface area (Å²) < 4.78 is 32.2. The van der Waals surface area contributed by atoms with Crippen molar-refractivity contribution in [1.82, 2.24) is 0 Å². The van der Waals surface area contributed by atoms with Crippen molar-refractivity contribution in [3.8, 4) is 39.3 Å². The van der Waals surface area contributed by atoms with Gasteiger partial charge in [0.1, 0.15) is 10.0 Å². The third-order valence-corrected chi connectivity index (χ3v) is 8.28. The number of aromatic nitrogens is 1. The SMILES string of the molecule is Cc1ccc(S(=O)(=O)[N-]c2ccc(-[n+]3c(-c4ccccc4)cc(-c4ccccc4)cc3-c3ccccc3)cc2)cc1. The highest BCUT2D eigenvalue weighted by atomic mass is 32.2. The first-order chi connectivity index (χ1) is 20.0. The van der Waals surface area contributed by atoms with Crippen LogP contribution in [0.4, 0.5) is 5.69 Å². The number of pyridine rings is 1. The maximum Gasteiger partial charge on any atom is 0.219 e. The van der Waals surface area contributed by atoms with Crippen LogP contribution >= 0.6 is 0 Å². The van der Waals surface area contributed by atoms with Gasteiger partial charge in [-0.1, -0.05) is 96.6 Å². The average Bonchev–Trinajstić information content (AvgIpc) is 3.02. The van der Waals surface area contributed by atoms with Gasteiger partial charge in [-0.25, -0.2) is 8.42 Å². The molecule has 0 amide bonds. The van der Waals surface area contributed by atoms with E-state index in [1.54, 1.807) is 36.4 Å². The summed E-state index contributed by atoms with van der Waals surface area (Å²) in [5.41, 5.74) is 8.67. The van der Waals surface area contributed by atoms with Gasteiger partial charge in [-0.05, 0) is 54.4 Å². The van der Waals surface area contributed by atoms with Crippen molar-refractivity contribution in [2.45, 2.75) is 11.8 Å². The van der Waals surface area contributed by atoms with Crippen LogP contribution < -0.4 is 4.57 Å². The molecule has 0 spiro atoms. The summed E-state index contributed by atoms with van der Waals surface area (Å²) in [6.07, 6.45) is 0. The van der Waals surface area contributed by atoms with Crippen LogP contribution in [0.15, 0.2) is 157 Å². The molecule has 5 heteroatoms. The summed E-state index contributed by atoms with van der Waals surface area (Å²) in [6, 6.07) is 49.4. The minimum Gasteiger partial charge on any atom is -0.573 e. The molecular weight excluding hydrogens is 524 g/mol. The smallest absolute Gasteiger partial charge is 0.219 e. The molecule has 0 radical (unpaired) electrons. The topological polar surface area (TPSA) is 52.1 Å². The molecule has 1 heterocycles. The largest absolute Gasteiger partial charge is 0.573 e. The zero-order valence-corrected chi connectivity index (χ0v) is 23.4. The Hall–Kier alpha value is -5.00. The van der Waals surface area contributed by atoms with Gasteiger partial charge in [-0.3, -0.25) is 0 Å². The van der Waals surface area contributed by atoms with Crippen LogP contribution in [0, 0.1) is 6.92 Å². The molecule has 6 aromatic rings. The zero-order chi connectivity index (χ0) is 28.2. The molecule has 0 fully saturated rings. The normalized spacial score (nSPS) is 11.2. The molecular formula is C36H28N2O2S. The molecule has 5 aromatic carbocycles. The Morgan fingerprint density at radius 3 is 1.46 bits per heavy atom. The van der Waals surface area contributed by atoms with E-state index < -0.39 is 10.0 Å². The summed E-state index contributed by atoms with van der Waals surface area (Å²) in [7, 11) is -3.83. The van der Waals surface area contributed by atoms with Crippen molar-refractivity contribution < 1.29 is 13.0 Å². The van der Waals surface area contributed by atoms with Crippen molar-refractivity contribution in [2.24, 2.45) is 0 Å². The fourth-order valence-corrected chi connectivity index (χ4v) is 5.86. The molecule has 4 nitrogen and oxygen atoms in total. The fraction of sp³-hybridized carbons (Fsp3) is 0.0278. The highest BCUT2D eigenvalue weighted by molar-refractivity contribution is 7.94. The maximum atomic E-state index is 12.9. The first kappa shape index (κ1) is 26.2. The third-order valence-electron chi connectivity index (χ3n) is 6.96. The first-order valence-corrected chi connectivity index (χ1v) is 14.8. The van der Waals surface area contributed by atoms with Gasteiger partial charge in [0, 0.05) is 35.4 Å². The van der Waals surface area contributed by atoms with Crippen LogP contribution in [-0.4, -0.2) is 8.42 Å². The second-order valence-electron chi connectivity index (χ2n) is 9.84. The molecule has 6 rings (SSSR count). The lowest BCUT2D eigenvalue weighted by molar-refractivity contribution is -0.572. The summed E-state index contributed by atoms with van der Waals surface area (Å²) >= 11 is 0. The Morgan fingerprint density at radius 2 is 0.976 bits per heavy atom. The average molecular weight is 553 g/mol. The molecule has 0 aliphatic heterocycles. The minimum absolute atomic E-state index is 0.177. The first-order valence-electron chi connectivity index (χ1n) is 13.4. The van der Waals surface area contributed by atoms with Crippen molar-refractivity contribution in [1.29, 1.82) is 0 Å². The maximum absolute atomic E-state index is 12.9. The van der Waals surface area contributed by atoms with E-state index in [2.05, 4.69) is 57.8 Å². The van der Waals surface area contributed by atoms with Crippen LogP contribution in [0.5, 0.6) is 0 Å². The van der Waals surface area contributed by atoms with Crippen LogP contribution in [0.1, 0.15) is 5.56 Å². The second-order valence-corrected chi connectivity index (χ2v) is 11.4. The van der Waals surface area contributed by atoms with Crippen LogP contribution in [0.3, 0.4) is 0 Å². The van der Waals surface area contributed by atoms with E-state index in [1.807, 2.05) is 73.7 Å². The van der Waals surface area contributed by atoms with Gasteiger partial charge in [0.2, 0.25) is 17.1 Å². The van der Waals surface area contributed by atoms with Gasteiger partial charge in [0.05, 0.1) is 4.90 Å². The highest BCUT2D eigenvalue weighted by Gasteiger charge is 2.24. The molecule has 0 saturated heterocycles. The number of nitrogens with zero attached hydrogens (tertiary/aromatic N) is 2. The molecule has 0 aliphatic rings. The second kappa shape index (κ2) is 11.2. The van der Waals surface area contributed by atoms with Crippen molar-refractivity contribution >= 4 is 15.7 Å². The molecule has 0 N–H and O–H groups in total. The molecule has 0 aliphatic carbocycles. The molecule has 41 heavy (non-hydrogen) atoms.